The normalized spacial score (nSPS) is 9.96. The van der Waals surface area contributed by atoms with Gasteiger partial charge in [-0.25, -0.2) is 0 Å². The first-order chi connectivity index (χ1) is 11.1. The molecule has 0 aliphatic heterocycles. The maximum Gasteiger partial charge on any atom is 0.255 e. The van der Waals surface area contributed by atoms with Gasteiger partial charge in [-0.05, 0) is 41.5 Å². The van der Waals surface area contributed by atoms with Crippen molar-refractivity contribution in [1.82, 2.24) is 5.32 Å². The van der Waals surface area contributed by atoms with Gasteiger partial charge in [0, 0.05) is 17.8 Å². The van der Waals surface area contributed by atoms with Gasteiger partial charge in [-0.1, -0.05) is 30.8 Å². The summed E-state index contributed by atoms with van der Waals surface area (Å²) in [5, 5.41) is 14.5. The van der Waals surface area contributed by atoms with Crippen LogP contribution >= 0.6 is 0 Å². The molecule has 0 saturated carbocycles. The van der Waals surface area contributed by atoms with E-state index in [0.717, 1.165) is 11.1 Å². The lowest BCUT2D eigenvalue weighted by Crippen LogP contribution is -2.20. The van der Waals surface area contributed by atoms with E-state index in [1.54, 1.807) is 48.5 Å². The Morgan fingerprint density at radius 2 is 1.83 bits per heavy atom. The zero-order valence-corrected chi connectivity index (χ0v) is 12.6. The highest BCUT2D eigenvalue weighted by molar-refractivity contribution is 6.04. The largest absolute Gasteiger partial charge is 0.392 e. The van der Waals surface area contributed by atoms with Crippen LogP contribution in [0.3, 0.4) is 0 Å². The molecular weight excluding hydrogens is 292 g/mol. The number of carbonyl (C=O) groups excluding carboxylic acids is 2. The predicted molar refractivity (Wildman–Crippen MR) is 88.8 cm³/mol. The number of nitrogens with one attached hydrogen (secondary N) is 2. The van der Waals surface area contributed by atoms with E-state index in [9.17, 15) is 9.59 Å². The number of aliphatic hydroxyl groups is 1. The van der Waals surface area contributed by atoms with Gasteiger partial charge in [0.05, 0.1) is 6.61 Å². The number of aliphatic hydroxyl groups excluding tert-OH is 1. The van der Waals surface area contributed by atoms with Crippen LogP contribution in [0.5, 0.6) is 0 Å². The summed E-state index contributed by atoms with van der Waals surface area (Å²) in [6, 6.07) is 14.0. The molecule has 2 aromatic carbocycles. The summed E-state index contributed by atoms with van der Waals surface area (Å²) in [4.78, 5) is 23.3. The third kappa shape index (κ3) is 4.79. The average molecular weight is 310 g/mol. The Morgan fingerprint density at radius 3 is 2.48 bits per heavy atom. The van der Waals surface area contributed by atoms with E-state index in [-0.39, 0.29) is 18.4 Å². The van der Waals surface area contributed by atoms with E-state index >= 15 is 0 Å². The minimum Gasteiger partial charge on any atom is -0.392 e. The molecule has 0 unspecified atom stereocenters. The Kier molecular flexibility index (Phi) is 5.66. The topological polar surface area (TPSA) is 78.4 Å². The first kappa shape index (κ1) is 16.5. The highest BCUT2D eigenvalue weighted by atomic mass is 16.3. The van der Waals surface area contributed by atoms with E-state index in [2.05, 4.69) is 17.2 Å². The van der Waals surface area contributed by atoms with Gasteiger partial charge in [0.25, 0.3) is 5.91 Å². The van der Waals surface area contributed by atoms with E-state index in [1.807, 2.05) is 0 Å². The van der Waals surface area contributed by atoms with Crippen LogP contribution in [0.2, 0.25) is 0 Å². The molecular formula is C18H18N2O3. The molecule has 118 valence electrons. The summed E-state index contributed by atoms with van der Waals surface area (Å²) in [6.07, 6.45) is 1.21. The standard InChI is InChI=1S/C18H18N2O3/c1-2-17(22)19-11-13-6-8-15(9-7-13)18(23)20-16-5-3-4-14(10-16)12-21/h2-10,21H,1,11-12H2,(H,19,22)(H,20,23). The molecule has 2 aromatic rings. The fourth-order valence-corrected chi connectivity index (χ4v) is 1.99. The molecule has 0 radical (unpaired) electrons. The number of amides is 2. The molecule has 0 atom stereocenters. The SMILES string of the molecule is C=CC(=O)NCc1ccc(C(=O)Nc2cccc(CO)c2)cc1. The van der Waals surface area contributed by atoms with Crippen molar-refractivity contribution in [2.24, 2.45) is 0 Å². The van der Waals surface area contributed by atoms with Gasteiger partial charge in [0.1, 0.15) is 0 Å². The second-order valence-corrected chi connectivity index (χ2v) is 4.93. The van der Waals surface area contributed by atoms with Gasteiger partial charge in [0.15, 0.2) is 0 Å². The summed E-state index contributed by atoms with van der Waals surface area (Å²) in [6.45, 7) is 3.69. The van der Waals surface area contributed by atoms with Crippen molar-refractivity contribution in [1.29, 1.82) is 0 Å². The predicted octanol–water partition coefficient (Wildman–Crippen LogP) is 2.23. The third-order valence-corrected chi connectivity index (χ3v) is 3.24. The minimum absolute atomic E-state index is 0.0746. The summed E-state index contributed by atoms with van der Waals surface area (Å²) in [5.41, 5.74) is 2.76. The van der Waals surface area contributed by atoms with Crippen LogP contribution in [0, 0.1) is 0 Å². The van der Waals surface area contributed by atoms with E-state index in [4.69, 9.17) is 5.11 Å². The molecule has 0 aromatic heterocycles. The number of hydrogen-bond acceptors (Lipinski definition) is 3. The zero-order chi connectivity index (χ0) is 16.7. The molecule has 5 heteroatoms. The first-order valence-electron chi connectivity index (χ1n) is 7.12. The monoisotopic (exact) mass is 310 g/mol. The molecule has 0 bridgehead atoms. The molecule has 0 spiro atoms. The van der Waals surface area contributed by atoms with Gasteiger partial charge in [0.2, 0.25) is 5.91 Å². The summed E-state index contributed by atoms with van der Waals surface area (Å²) in [7, 11) is 0. The Bertz CT molecular complexity index is 708. The smallest absolute Gasteiger partial charge is 0.255 e. The van der Waals surface area contributed by atoms with E-state index < -0.39 is 0 Å². The van der Waals surface area contributed by atoms with Crippen molar-refractivity contribution in [2.75, 3.05) is 5.32 Å². The van der Waals surface area contributed by atoms with Gasteiger partial charge >= 0.3 is 0 Å². The molecule has 23 heavy (non-hydrogen) atoms. The van der Waals surface area contributed by atoms with Crippen LogP contribution in [0.1, 0.15) is 21.5 Å². The van der Waals surface area contributed by atoms with Crippen LogP contribution in [0.15, 0.2) is 61.2 Å². The highest BCUT2D eigenvalue weighted by Gasteiger charge is 2.06. The van der Waals surface area contributed by atoms with Crippen LogP contribution in [0.4, 0.5) is 5.69 Å². The molecule has 2 rings (SSSR count). The van der Waals surface area contributed by atoms with Gasteiger partial charge in [-0.2, -0.15) is 0 Å². The lowest BCUT2D eigenvalue weighted by molar-refractivity contribution is -0.116. The fraction of sp³-hybridized carbons (Fsp3) is 0.111. The molecule has 0 fully saturated rings. The molecule has 3 N–H and O–H groups in total. The van der Waals surface area contributed by atoms with Gasteiger partial charge in [-0.15, -0.1) is 0 Å². The van der Waals surface area contributed by atoms with Gasteiger partial charge < -0.3 is 15.7 Å². The van der Waals surface area contributed by atoms with Crippen molar-refractivity contribution in [2.45, 2.75) is 13.2 Å². The Balaban J connectivity index is 1.99. The lowest BCUT2D eigenvalue weighted by atomic mass is 10.1. The molecule has 0 heterocycles. The number of carbonyl (C=O) groups is 2. The van der Waals surface area contributed by atoms with Crippen LogP contribution in [-0.2, 0) is 17.9 Å². The summed E-state index contributed by atoms with van der Waals surface area (Å²) < 4.78 is 0. The van der Waals surface area contributed by atoms with Crippen LogP contribution < -0.4 is 10.6 Å². The Labute approximate surface area is 134 Å². The summed E-state index contributed by atoms with van der Waals surface area (Å²) >= 11 is 0. The molecule has 0 aliphatic carbocycles. The third-order valence-electron chi connectivity index (χ3n) is 3.24. The van der Waals surface area contributed by atoms with Crippen molar-refractivity contribution in [3.63, 3.8) is 0 Å². The number of hydrogen-bond donors (Lipinski definition) is 3. The highest BCUT2D eigenvalue weighted by Crippen LogP contribution is 2.13. The average Bonchev–Trinajstić information content (AvgIpc) is 2.60. The maximum absolute atomic E-state index is 12.2. The molecule has 5 nitrogen and oxygen atoms in total. The zero-order valence-electron chi connectivity index (χ0n) is 12.6. The van der Waals surface area contributed by atoms with Crippen LogP contribution in [0.25, 0.3) is 0 Å². The quantitative estimate of drug-likeness (QED) is 0.716. The van der Waals surface area contributed by atoms with E-state index in [1.165, 1.54) is 6.08 Å². The lowest BCUT2D eigenvalue weighted by Gasteiger charge is -2.08. The van der Waals surface area contributed by atoms with Crippen molar-refractivity contribution in [3.05, 3.63) is 77.9 Å². The minimum atomic E-state index is -0.240. The van der Waals surface area contributed by atoms with E-state index in [0.29, 0.717) is 17.8 Å². The number of anilines is 1. The second-order valence-electron chi connectivity index (χ2n) is 4.93. The van der Waals surface area contributed by atoms with Gasteiger partial charge in [-0.3, -0.25) is 9.59 Å². The molecule has 0 aliphatic rings. The summed E-state index contributed by atoms with van der Waals surface area (Å²) in [5.74, 6) is -0.475. The molecule has 0 saturated heterocycles. The van der Waals surface area contributed by atoms with Crippen molar-refractivity contribution in [3.8, 4) is 0 Å². The molecule has 2 amide bonds. The fourth-order valence-electron chi connectivity index (χ4n) is 1.99. The van der Waals surface area contributed by atoms with Crippen molar-refractivity contribution >= 4 is 17.5 Å². The first-order valence-corrected chi connectivity index (χ1v) is 7.12. The maximum atomic E-state index is 12.2. The second kappa shape index (κ2) is 7.91. The Morgan fingerprint density at radius 1 is 1.09 bits per heavy atom. The van der Waals surface area contributed by atoms with Crippen molar-refractivity contribution < 1.29 is 14.7 Å². The number of benzene rings is 2. The number of rotatable bonds is 6. The van der Waals surface area contributed by atoms with Crippen LogP contribution in [-0.4, -0.2) is 16.9 Å². The Hall–Kier alpha value is -2.92.